The topological polar surface area (TPSA) is 33.7 Å². The van der Waals surface area contributed by atoms with E-state index in [1.165, 1.54) is 14.2 Å². The van der Waals surface area contributed by atoms with Crippen molar-refractivity contribution in [1.29, 1.82) is 0 Å². The number of hydrogen-bond donors (Lipinski definition) is 1. The predicted molar refractivity (Wildman–Crippen MR) is 82.4 cm³/mol. The third kappa shape index (κ3) is 3.80. The summed E-state index contributed by atoms with van der Waals surface area (Å²) in [6.45, 7) is 2.99. The number of benzene rings is 1. The van der Waals surface area contributed by atoms with Crippen molar-refractivity contribution >= 4 is 11.6 Å². The zero-order valence-electron chi connectivity index (χ0n) is 12.7. The van der Waals surface area contributed by atoms with Crippen LogP contribution < -0.4 is 14.8 Å². The summed E-state index contributed by atoms with van der Waals surface area (Å²) < 4.78 is 36.6. The minimum atomic E-state index is -2.40. The maximum absolute atomic E-state index is 13.0. The third-order valence-corrected chi connectivity index (χ3v) is 4.26. The van der Waals surface area contributed by atoms with E-state index in [-0.39, 0.29) is 6.42 Å². The van der Waals surface area contributed by atoms with E-state index in [0.717, 1.165) is 13.1 Å². The molecule has 1 fully saturated rings. The van der Waals surface area contributed by atoms with Gasteiger partial charge in [0.15, 0.2) is 11.5 Å². The van der Waals surface area contributed by atoms with Crippen LogP contribution in [0.5, 0.6) is 11.5 Å². The molecule has 1 aliphatic heterocycles. The molecule has 4 nitrogen and oxygen atoms in total. The normalized spacial score (nSPS) is 17.5. The van der Waals surface area contributed by atoms with Crippen LogP contribution in [0.15, 0.2) is 12.1 Å². The lowest BCUT2D eigenvalue weighted by molar-refractivity contribution is 0.0738. The first kappa shape index (κ1) is 17.2. The molecular formula is C15H21ClF2N2O2. The summed E-state index contributed by atoms with van der Waals surface area (Å²) in [6.07, 6.45) is -2.65. The monoisotopic (exact) mass is 334 g/mol. The molecular weight excluding hydrogens is 314 g/mol. The molecule has 1 aliphatic rings. The molecule has 1 N–H and O–H groups in total. The molecule has 1 aromatic rings. The molecule has 7 heteroatoms. The van der Waals surface area contributed by atoms with Crippen molar-refractivity contribution < 1.29 is 18.3 Å². The van der Waals surface area contributed by atoms with Gasteiger partial charge in [-0.05, 0) is 11.6 Å². The van der Waals surface area contributed by atoms with Crippen LogP contribution in [-0.2, 0) is 0 Å². The van der Waals surface area contributed by atoms with E-state index in [0.29, 0.717) is 35.2 Å². The van der Waals surface area contributed by atoms with Gasteiger partial charge in [-0.1, -0.05) is 17.7 Å². The number of halogens is 3. The molecule has 1 atom stereocenters. The second kappa shape index (κ2) is 7.94. The highest BCUT2D eigenvalue weighted by molar-refractivity contribution is 6.33. The SMILES string of the molecule is COc1ccc([C@@H](CC(F)F)N2CCNCC2)c(Cl)c1OC. The van der Waals surface area contributed by atoms with Gasteiger partial charge in [-0.3, -0.25) is 4.90 Å². The summed E-state index contributed by atoms with van der Waals surface area (Å²) in [4.78, 5) is 2.04. The number of nitrogens with zero attached hydrogens (tertiary/aromatic N) is 1. The standard InChI is InChI=1S/C15H21ClF2N2O2/c1-21-12-4-3-10(14(16)15(12)22-2)11(9-13(17)18)20-7-5-19-6-8-20/h3-4,11,13,19H,5-9H2,1-2H3/t11-/m1/s1. The minimum absolute atomic E-state index is 0.255. The Labute approximate surface area is 134 Å². The molecule has 0 radical (unpaired) electrons. The van der Waals surface area contributed by atoms with Crippen molar-refractivity contribution in [2.75, 3.05) is 40.4 Å². The Morgan fingerprint density at radius 1 is 1.23 bits per heavy atom. The van der Waals surface area contributed by atoms with Crippen LogP contribution in [-0.4, -0.2) is 51.7 Å². The average molecular weight is 335 g/mol. The highest BCUT2D eigenvalue weighted by Gasteiger charge is 2.29. The fraction of sp³-hybridized carbons (Fsp3) is 0.600. The first-order chi connectivity index (χ1) is 10.6. The molecule has 0 bridgehead atoms. The van der Waals surface area contributed by atoms with Gasteiger partial charge >= 0.3 is 0 Å². The number of ether oxygens (including phenoxy) is 2. The van der Waals surface area contributed by atoms with Gasteiger partial charge in [0.2, 0.25) is 6.43 Å². The van der Waals surface area contributed by atoms with Crippen LogP contribution in [0.4, 0.5) is 8.78 Å². The summed E-state index contributed by atoms with van der Waals surface area (Å²) in [5.74, 6) is 0.878. The third-order valence-electron chi connectivity index (χ3n) is 3.87. The molecule has 0 amide bonds. The minimum Gasteiger partial charge on any atom is -0.493 e. The van der Waals surface area contributed by atoms with E-state index in [1.807, 2.05) is 4.90 Å². The van der Waals surface area contributed by atoms with E-state index in [1.54, 1.807) is 12.1 Å². The average Bonchev–Trinajstić information content (AvgIpc) is 2.53. The van der Waals surface area contributed by atoms with Crippen LogP contribution in [0, 0.1) is 0 Å². The molecule has 0 aliphatic carbocycles. The van der Waals surface area contributed by atoms with Crippen molar-refractivity contribution in [2.45, 2.75) is 18.9 Å². The van der Waals surface area contributed by atoms with Gasteiger partial charge in [0.1, 0.15) is 0 Å². The largest absolute Gasteiger partial charge is 0.493 e. The molecule has 124 valence electrons. The smallest absolute Gasteiger partial charge is 0.240 e. The van der Waals surface area contributed by atoms with Crippen LogP contribution in [0.25, 0.3) is 0 Å². The first-order valence-electron chi connectivity index (χ1n) is 7.21. The predicted octanol–water partition coefficient (Wildman–Crippen LogP) is 2.96. The number of hydrogen-bond acceptors (Lipinski definition) is 4. The number of piperazine rings is 1. The van der Waals surface area contributed by atoms with Crippen molar-refractivity contribution in [3.05, 3.63) is 22.7 Å². The van der Waals surface area contributed by atoms with E-state index < -0.39 is 12.5 Å². The molecule has 1 heterocycles. The second-order valence-corrected chi connectivity index (χ2v) is 5.51. The van der Waals surface area contributed by atoms with Gasteiger partial charge in [-0.2, -0.15) is 0 Å². The molecule has 1 saturated heterocycles. The number of methoxy groups -OCH3 is 2. The lowest BCUT2D eigenvalue weighted by Crippen LogP contribution is -2.45. The Morgan fingerprint density at radius 2 is 1.91 bits per heavy atom. The zero-order valence-corrected chi connectivity index (χ0v) is 13.5. The van der Waals surface area contributed by atoms with Gasteiger partial charge < -0.3 is 14.8 Å². The summed E-state index contributed by atoms with van der Waals surface area (Å²) >= 11 is 6.40. The van der Waals surface area contributed by atoms with E-state index >= 15 is 0 Å². The Morgan fingerprint density at radius 3 is 2.45 bits per heavy atom. The van der Waals surface area contributed by atoms with E-state index in [4.69, 9.17) is 21.1 Å². The zero-order chi connectivity index (χ0) is 16.1. The maximum atomic E-state index is 13.0. The molecule has 2 rings (SSSR count). The van der Waals surface area contributed by atoms with E-state index in [2.05, 4.69) is 5.32 Å². The molecule has 22 heavy (non-hydrogen) atoms. The number of alkyl halides is 2. The highest BCUT2D eigenvalue weighted by Crippen LogP contribution is 2.42. The summed E-state index contributed by atoms with van der Waals surface area (Å²) in [7, 11) is 3.00. The summed E-state index contributed by atoms with van der Waals surface area (Å²) in [6, 6.07) is 3.02. The summed E-state index contributed by atoms with van der Waals surface area (Å²) in [5.41, 5.74) is 0.654. The Kier molecular flexibility index (Phi) is 6.23. The van der Waals surface area contributed by atoms with Crippen molar-refractivity contribution in [2.24, 2.45) is 0 Å². The summed E-state index contributed by atoms with van der Waals surface area (Å²) in [5, 5.41) is 3.56. The maximum Gasteiger partial charge on any atom is 0.240 e. The Hall–Kier alpha value is -1.11. The number of rotatable bonds is 6. The van der Waals surface area contributed by atoms with Crippen LogP contribution in [0.1, 0.15) is 18.0 Å². The van der Waals surface area contributed by atoms with Crippen molar-refractivity contribution in [3.63, 3.8) is 0 Å². The van der Waals surface area contributed by atoms with Gasteiger partial charge in [-0.15, -0.1) is 0 Å². The molecule has 1 aromatic carbocycles. The molecule has 0 saturated carbocycles. The fourth-order valence-electron chi connectivity index (χ4n) is 2.80. The van der Waals surface area contributed by atoms with Gasteiger partial charge in [0, 0.05) is 38.6 Å². The van der Waals surface area contributed by atoms with Crippen molar-refractivity contribution in [3.8, 4) is 11.5 Å². The molecule has 0 unspecified atom stereocenters. The van der Waals surface area contributed by atoms with Crippen LogP contribution in [0.3, 0.4) is 0 Å². The lowest BCUT2D eigenvalue weighted by atomic mass is 10.0. The highest BCUT2D eigenvalue weighted by atomic mass is 35.5. The Balaban J connectivity index is 2.37. The van der Waals surface area contributed by atoms with Gasteiger partial charge in [0.05, 0.1) is 19.2 Å². The lowest BCUT2D eigenvalue weighted by Gasteiger charge is -2.35. The van der Waals surface area contributed by atoms with Crippen LogP contribution in [0.2, 0.25) is 5.02 Å². The number of nitrogens with one attached hydrogen (secondary N) is 1. The van der Waals surface area contributed by atoms with Gasteiger partial charge in [-0.25, -0.2) is 8.78 Å². The van der Waals surface area contributed by atoms with Gasteiger partial charge in [0.25, 0.3) is 0 Å². The first-order valence-corrected chi connectivity index (χ1v) is 7.59. The quantitative estimate of drug-likeness (QED) is 0.867. The Bertz CT molecular complexity index is 497. The fourth-order valence-corrected chi connectivity index (χ4v) is 3.16. The van der Waals surface area contributed by atoms with Crippen LogP contribution >= 0.6 is 11.6 Å². The second-order valence-electron chi connectivity index (χ2n) is 5.13. The molecule has 0 aromatic heterocycles. The van der Waals surface area contributed by atoms with E-state index in [9.17, 15) is 8.78 Å². The molecule has 0 spiro atoms. The van der Waals surface area contributed by atoms with Crippen molar-refractivity contribution in [1.82, 2.24) is 10.2 Å².